The molecule has 13 heavy (non-hydrogen) atoms. The Hall–Kier alpha value is -0.130. The van der Waals surface area contributed by atoms with Gasteiger partial charge in [0.25, 0.3) is 0 Å². The minimum Gasteiger partial charge on any atom is -0.298 e. The Labute approximate surface area is 94.2 Å². The van der Waals surface area contributed by atoms with Crippen LogP contribution in [0.2, 0.25) is 0 Å². The van der Waals surface area contributed by atoms with E-state index < -0.39 is 0 Å². The number of aldehydes is 1. The van der Waals surface area contributed by atoms with E-state index in [0.717, 1.165) is 10.8 Å². The Morgan fingerprint density at radius 3 is 2.00 bits per heavy atom. The molecule has 0 saturated heterocycles. The standard InChI is InChI=1S/C7H5BrO.Cl2HNO/c8-7-3-1-6(5-9)2-4-7;1-3(2)4/h1-5H;4H. The molecular weight excluding hydrogens is 281 g/mol. The first-order valence-electron chi connectivity index (χ1n) is 3.07. The lowest BCUT2D eigenvalue weighted by Crippen LogP contribution is -1.79. The molecule has 0 aliphatic carbocycles. The summed E-state index contributed by atoms with van der Waals surface area (Å²) in [5.74, 6) is 0. The van der Waals surface area contributed by atoms with Gasteiger partial charge in [0.1, 0.15) is 6.29 Å². The fourth-order valence-electron chi connectivity index (χ4n) is 0.541. The number of rotatable bonds is 1. The fourth-order valence-corrected chi connectivity index (χ4v) is 0.806. The maximum absolute atomic E-state index is 10.1. The van der Waals surface area contributed by atoms with E-state index in [9.17, 15) is 4.79 Å². The SMILES string of the molecule is O=Cc1ccc(Br)cc1.ON(Cl)Cl. The molecular formula is C7H6BrCl2NO2. The van der Waals surface area contributed by atoms with Crippen LogP contribution in [-0.4, -0.2) is 15.6 Å². The van der Waals surface area contributed by atoms with Gasteiger partial charge in [0.15, 0.2) is 0 Å². The predicted molar refractivity (Wildman–Crippen MR) is 54.9 cm³/mol. The molecule has 1 aromatic carbocycles. The van der Waals surface area contributed by atoms with Crippen LogP contribution < -0.4 is 0 Å². The average molecular weight is 287 g/mol. The van der Waals surface area contributed by atoms with Gasteiger partial charge in [0.05, 0.1) is 0 Å². The van der Waals surface area contributed by atoms with Gasteiger partial charge in [0, 0.05) is 33.6 Å². The van der Waals surface area contributed by atoms with Gasteiger partial charge in [0.2, 0.25) is 0 Å². The highest BCUT2D eigenvalue weighted by Crippen LogP contribution is 2.08. The van der Waals surface area contributed by atoms with Gasteiger partial charge in [-0.25, -0.2) is 0 Å². The lowest BCUT2D eigenvalue weighted by molar-refractivity contribution is 0.104. The van der Waals surface area contributed by atoms with Crippen molar-refractivity contribution in [3.05, 3.63) is 34.3 Å². The molecule has 6 heteroatoms. The molecule has 0 aromatic heterocycles. The summed E-state index contributed by atoms with van der Waals surface area (Å²) in [6, 6.07) is 7.20. The first-order valence-corrected chi connectivity index (χ1v) is 4.54. The molecule has 0 amide bonds. The summed E-state index contributed by atoms with van der Waals surface area (Å²) in [6.45, 7) is 0. The van der Waals surface area contributed by atoms with Crippen molar-refractivity contribution in [2.24, 2.45) is 0 Å². The second kappa shape index (κ2) is 7.29. The zero-order valence-corrected chi connectivity index (χ0v) is 9.42. The van der Waals surface area contributed by atoms with Crippen molar-refractivity contribution in [3.63, 3.8) is 0 Å². The maximum atomic E-state index is 10.1. The Kier molecular flexibility index (Phi) is 7.22. The van der Waals surface area contributed by atoms with Crippen LogP contribution >= 0.6 is 39.5 Å². The smallest absolute Gasteiger partial charge is 0.150 e. The Morgan fingerprint density at radius 2 is 1.69 bits per heavy atom. The summed E-state index contributed by atoms with van der Waals surface area (Å²) in [5, 5.41) is 7.42. The van der Waals surface area contributed by atoms with Crippen molar-refractivity contribution in [1.82, 2.24) is 4.10 Å². The van der Waals surface area contributed by atoms with Crippen LogP contribution in [0, 0.1) is 0 Å². The molecule has 3 nitrogen and oxygen atoms in total. The molecule has 1 aromatic rings. The molecule has 0 bridgehead atoms. The van der Waals surface area contributed by atoms with Crippen molar-refractivity contribution in [2.45, 2.75) is 0 Å². The lowest BCUT2D eigenvalue weighted by Gasteiger charge is -1.87. The molecule has 1 N–H and O–H groups in total. The third-order valence-corrected chi connectivity index (χ3v) is 1.53. The number of carbonyl (C=O) groups is 1. The molecule has 0 atom stereocenters. The molecule has 0 radical (unpaired) electrons. The molecule has 0 heterocycles. The van der Waals surface area contributed by atoms with Crippen molar-refractivity contribution >= 4 is 45.8 Å². The Morgan fingerprint density at radius 1 is 1.31 bits per heavy atom. The van der Waals surface area contributed by atoms with Crippen molar-refractivity contribution in [2.75, 3.05) is 0 Å². The van der Waals surface area contributed by atoms with E-state index in [0.29, 0.717) is 5.56 Å². The third-order valence-electron chi connectivity index (χ3n) is 1.01. The second-order valence-electron chi connectivity index (χ2n) is 1.88. The van der Waals surface area contributed by atoms with E-state index in [2.05, 4.69) is 39.5 Å². The molecule has 0 spiro atoms. The second-order valence-corrected chi connectivity index (χ2v) is 3.61. The summed E-state index contributed by atoms with van der Waals surface area (Å²) in [5.41, 5.74) is 0.707. The zero-order chi connectivity index (χ0) is 10.3. The van der Waals surface area contributed by atoms with E-state index >= 15 is 0 Å². The fraction of sp³-hybridized carbons (Fsp3) is 0. The Balaban J connectivity index is 0.000000310. The van der Waals surface area contributed by atoms with Gasteiger partial charge in [-0.05, 0) is 16.2 Å². The highest BCUT2D eigenvalue weighted by molar-refractivity contribution is 9.10. The predicted octanol–water partition coefficient (Wildman–Crippen LogP) is 3.25. The maximum Gasteiger partial charge on any atom is 0.150 e. The molecule has 0 saturated carbocycles. The topological polar surface area (TPSA) is 40.5 Å². The van der Waals surface area contributed by atoms with Gasteiger partial charge < -0.3 is 0 Å². The van der Waals surface area contributed by atoms with Gasteiger partial charge in [-0.15, -0.1) is 0 Å². The number of carbonyl (C=O) groups excluding carboxylic acids is 1. The minimum atomic E-state index is -0.0556. The minimum absolute atomic E-state index is 0.0556. The summed E-state index contributed by atoms with van der Waals surface area (Å²) in [7, 11) is 0. The first kappa shape index (κ1) is 12.9. The van der Waals surface area contributed by atoms with Gasteiger partial charge in [-0.2, -0.15) is 0 Å². The first-order chi connectivity index (χ1) is 6.06. The molecule has 0 unspecified atom stereocenters. The quantitative estimate of drug-likeness (QED) is 0.489. The normalized spacial score (nSPS) is 9.00. The van der Waals surface area contributed by atoms with E-state index in [1.165, 1.54) is 0 Å². The lowest BCUT2D eigenvalue weighted by atomic mass is 10.2. The molecule has 0 aliphatic rings. The van der Waals surface area contributed by atoms with Gasteiger partial charge >= 0.3 is 0 Å². The summed E-state index contributed by atoms with van der Waals surface area (Å²) >= 11 is 12.1. The highest BCUT2D eigenvalue weighted by Gasteiger charge is 1.86. The zero-order valence-electron chi connectivity index (χ0n) is 6.32. The van der Waals surface area contributed by atoms with Crippen molar-refractivity contribution in [1.29, 1.82) is 0 Å². The van der Waals surface area contributed by atoms with E-state index in [1.807, 2.05) is 12.1 Å². The molecule has 1 rings (SSSR count). The van der Waals surface area contributed by atoms with Crippen molar-refractivity contribution in [3.8, 4) is 0 Å². The number of nitrogens with zero attached hydrogens (tertiary/aromatic N) is 1. The van der Waals surface area contributed by atoms with E-state index in [1.54, 1.807) is 12.1 Å². The summed E-state index contributed by atoms with van der Waals surface area (Å²) in [4.78, 5) is 10.1. The van der Waals surface area contributed by atoms with Crippen LogP contribution in [0.15, 0.2) is 28.7 Å². The number of benzene rings is 1. The Bertz CT molecular complexity index is 250. The average Bonchev–Trinajstić information content (AvgIpc) is 2.05. The number of halogens is 3. The van der Waals surface area contributed by atoms with Gasteiger partial charge in [-0.1, -0.05) is 28.1 Å². The molecule has 72 valence electrons. The number of hydrogen-bond acceptors (Lipinski definition) is 3. The number of hydrogen-bond donors (Lipinski definition) is 1. The van der Waals surface area contributed by atoms with Crippen LogP contribution in [-0.2, 0) is 0 Å². The highest BCUT2D eigenvalue weighted by atomic mass is 79.9. The van der Waals surface area contributed by atoms with Crippen LogP contribution in [0.1, 0.15) is 10.4 Å². The molecule has 0 aliphatic heterocycles. The van der Waals surface area contributed by atoms with Crippen LogP contribution in [0.25, 0.3) is 0 Å². The van der Waals surface area contributed by atoms with E-state index in [-0.39, 0.29) is 4.10 Å². The van der Waals surface area contributed by atoms with Crippen LogP contribution in [0.3, 0.4) is 0 Å². The van der Waals surface area contributed by atoms with Crippen LogP contribution in [0.4, 0.5) is 0 Å². The van der Waals surface area contributed by atoms with Gasteiger partial charge in [-0.3, -0.25) is 10.0 Å². The van der Waals surface area contributed by atoms with E-state index in [4.69, 9.17) is 5.21 Å². The summed E-state index contributed by atoms with van der Waals surface area (Å²) in [6.07, 6.45) is 0.826. The van der Waals surface area contributed by atoms with Crippen molar-refractivity contribution < 1.29 is 10.0 Å². The summed E-state index contributed by atoms with van der Waals surface area (Å²) < 4.78 is 0.938. The largest absolute Gasteiger partial charge is 0.298 e. The molecule has 0 fully saturated rings. The third kappa shape index (κ3) is 8.21. The monoisotopic (exact) mass is 285 g/mol. The van der Waals surface area contributed by atoms with Crippen LogP contribution in [0.5, 0.6) is 0 Å².